The standard InChI is InChI=1S/C15H15BrN4O/c1-9-8-20(2)19-15(9)18-12-4-5-17-13-7-14(21-3)11(16)6-10(12)13/h4-8H,1-3H3,(H,17,18,19). The van der Waals surface area contributed by atoms with Crippen LogP contribution in [0.1, 0.15) is 5.56 Å². The van der Waals surface area contributed by atoms with Crippen molar-refractivity contribution in [3.05, 3.63) is 40.6 Å². The molecule has 0 fully saturated rings. The predicted molar refractivity (Wildman–Crippen MR) is 87.2 cm³/mol. The van der Waals surface area contributed by atoms with Crippen molar-refractivity contribution in [1.82, 2.24) is 14.8 Å². The van der Waals surface area contributed by atoms with Crippen molar-refractivity contribution in [2.45, 2.75) is 6.92 Å². The molecule has 0 bridgehead atoms. The summed E-state index contributed by atoms with van der Waals surface area (Å²) in [6, 6.07) is 5.85. The van der Waals surface area contributed by atoms with E-state index < -0.39 is 0 Å². The van der Waals surface area contributed by atoms with E-state index in [4.69, 9.17) is 4.74 Å². The number of methoxy groups -OCH3 is 1. The number of nitrogens with zero attached hydrogens (tertiary/aromatic N) is 3. The average molecular weight is 347 g/mol. The molecular weight excluding hydrogens is 332 g/mol. The molecule has 1 N–H and O–H groups in total. The van der Waals surface area contributed by atoms with Crippen molar-refractivity contribution < 1.29 is 4.74 Å². The van der Waals surface area contributed by atoms with Gasteiger partial charge in [-0.3, -0.25) is 9.67 Å². The number of halogens is 1. The van der Waals surface area contributed by atoms with E-state index in [9.17, 15) is 0 Å². The van der Waals surface area contributed by atoms with Crippen molar-refractivity contribution in [2.24, 2.45) is 7.05 Å². The highest BCUT2D eigenvalue weighted by Gasteiger charge is 2.10. The zero-order chi connectivity index (χ0) is 15.0. The maximum absolute atomic E-state index is 5.31. The number of aromatic nitrogens is 3. The highest BCUT2D eigenvalue weighted by molar-refractivity contribution is 9.10. The Kier molecular flexibility index (Phi) is 3.55. The topological polar surface area (TPSA) is 52.0 Å². The lowest BCUT2D eigenvalue weighted by molar-refractivity contribution is 0.412. The number of pyridine rings is 1. The van der Waals surface area contributed by atoms with E-state index in [0.717, 1.165) is 38.2 Å². The second kappa shape index (κ2) is 5.37. The lowest BCUT2D eigenvalue weighted by Crippen LogP contribution is -1.96. The van der Waals surface area contributed by atoms with E-state index >= 15 is 0 Å². The normalized spacial score (nSPS) is 10.9. The molecule has 0 amide bonds. The van der Waals surface area contributed by atoms with Gasteiger partial charge in [0.05, 0.1) is 22.8 Å². The van der Waals surface area contributed by atoms with Crippen LogP contribution in [0.4, 0.5) is 11.5 Å². The minimum atomic E-state index is 0.765. The maximum Gasteiger partial charge on any atom is 0.155 e. The first-order valence-corrected chi connectivity index (χ1v) is 7.27. The highest BCUT2D eigenvalue weighted by atomic mass is 79.9. The van der Waals surface area contributed by atoms with Gasteiger partial charge in [-0.05, 0) is 35.0 Å². The molecule has 0 aliphatic carbocycles. The summed E-state index contributed by atoms with van der Waals surface area (Å²) in [7, 11) is 3.55. The fourth-order valence-electron chi connectivity index (χ4n) is 2.27. The Bertz CT molecular complexity index is 813. The van der Waals surface area contributed by atoms with Crippen LogP contribution in [-0.4, -0.2) is 21.9 Å². The van der Waals surface area contributed by atoms with Crippen LogP contribution in [0.15, 0.2) is 35.1 Å². The summed E-state index contributed by atoms with van der Waals surface area (Å²) in [4.78, 5) is 4.39. The van der Waals surface area contributed by atoms with Crippen LogP contribution >= 0.6 is 15.9 Å². The van der Waals surface area contributed by atoms with E-state index in [1.54, 1.807) is 18.0 Å². The molecule has 0 aliphatic rings. The van der Waals surface area contributed by atoms with E-state index in [1.807, 2.05) is 38.4 Å². The van der Waals surface area contributed by atoms with Crippen LogP contribution in [0.25, 0.3) is 10.9 Å². The highest BCUT2D eigenvalue weighted by Crippen LogP contribution is 2.33. The molecule has 0 aliphatic heterocycles. The molecule has 0 saturated carbocycles. The number of rotatable bonds is 3. The van der Waals surface area contributed by atoms with E-state index in [1.165, 1.54) is 0 Å². The molecule has 2 aromatic heterocycles. The number of hydrogen-bond donors (Lipinski definition) is 1. The second-order valence-corrected chi connectivity index (χ2v) is 5.68. The lowest BCUT2D eigenvalue weighted by Gasteiger charge is -2.10. The van der Waals surface area contributed by atoms with E-state index in [0.29, 0.717) is 0 Å². The Morgan fingerprint density at radius 1 is 1.33 bits per heavy atom. The summed E-state index contributed by atoms with van der Waals surface area (Å²) < 4.78 is 8.00. The number of hydrogen-bond acceptors (Lipinski definition) is 4. The van der Waals surface area contributed by atoms with Crippen LogP contribution in [0.5, 0.6) is 5.75 Å². The number of nitrogens with one attached hydrogen (secondary N) is 1. The summed E-state index contributed by atoms with van der Waals surface area (Å²) in [6.45, 7) is 2.03. The van der Waals surface area contributed by atoms with Crippen LogP contribution in [0, 0.1) is 6.92 Å². The van der Waals surface area contributed by atoms with Gasteiger partial charge in [0.15, 0.2) is 5.82 Å². The Labute approximate surface area is 131 Å². The summed E-state index contributed by atoms with van der Waals surface area (Å²) in [5.41, 5.74) is 2.92. The SMILES string of the molecule is COc1cc2nccc(Nc3nn(C)cc3C)c2cc1Br. The first kappa shape index (κ1) is 13.9. The predicted octanol–water partition coefficient (Wildman–Crippen LogP) is 3.79. The Morgan fingerprint density at radius 3 is 2.81 bits per heavy atom. The minimum Gasteiger partial charge on any atom is -0.495 e. The van der Waals surface area contributed by atoms with Crippen LogP contribution in [0.3, 0.4) is 0 Å². The van der Waals surface area contributed by atoms with Gasteiger partial charge in [-0.25, -0.2) is 0 Å². The third-order valence-corrected chi connectivity index (χ3v) is 3.90. The Hall–Kier alpha value is -2.08. The molecule has 0 atom stereocenters. The van der Waals surface area contributed by atoms with Gasteiger partial charge in [-0.2, -0.15) is 5.10 Å². The molecule has 1 aromatic carbocycles. The molecule has 2 heterocycles. The van der Waals surface area contributed by atoms with Crippen molar-refractivity contribution in [3.63, 3.8) is 0 Å². The van der Waals surface area contributed by atoms with Crippen LogP contribution in [-0.2, 0) is 7.05 Å². The number of anilines is 2. The smallest absolute Gasteiger partial charge is 0.155 e. The second-order valence-electron chi connectivity index (χ2n) is 4.82. The largest absolute Gasteiger partial charge is 0.495 e. The van der Waals surface area contributed by atoms with Crippen molar-refractivity contribution in [1.29, 1.82) is 0 Å². The van der Waals surface area contributed by atoms with E-state index in [-0.39, 0.29) is 0 Å². The van der Waals surface area contributed by atoms with Crippen molar-refractivity contribution >= 4 is 38.3 Å². The number of aryl methyl sites for hydroxylation is 2. The van der Waals surface area contributed by atoms with Gasteiger partial charge in [0.25, 0.3) is 0 Å². The minimum absolute atomic E-state index is 0.765. The number of fused-ring (bicyclic) bond motifs is 1. The van der Waals surface area contributed by atoms with Gasteiger partial charge in [0.2, 0.25) is 0 Å². The zero-order valence-electron chi connectivity index (χ0n) is 12.0. The molecule has 6 heteroatoms. The van der Waals surface area contributed by atoms with Gasteiger partial charge in [-0.15, -0.1) is 0 Å². The third kappa shape index (κ3) is 2.58. The molecule has 0 saturated heterocycles. The maximum atomic E-state index is 5.31. The van der Waals surface area contributed by atoms with E-state index in [2.05, 4.69) is 31.3 Å². The van der Waals surface area contributed by atoms with Gasteiger partial charge < -0.3 is 10.1 Å². The molecule has 108 valence electrons. The van der Waals surface area contributed by atoms with Gasteiger partial charge in [0.1, 0.15) is 5.75 Å². The molecule has 0 spiro atoms. The molecule has 5 nitrogen and oxygen atoms in total. The summed E-state index contributed by atoms with van der Waals surface area (Å²) >= 11 is 3.52. The monoisotopic (exact) mass is 346 g/mol. The number of ether oxygens (including phenoxy) is 1. The fourth-order valence-corrected chi connectivity index (χ4v) is 2.78. The van der Waals surface area contributed by atoms with Crippen molar-refractivity contribution in [3.8, 4) is 5.75 Å². The molecule has 3 rings (SSSR count). The first-order valence-electron chi connectivity index (χ1n) is 6.48. The lowest BCUT2D eigenvalue weighted by atomic mass is 10.1. The summed E-state index contributed by atoms with van der Waals surface area (Å²) in [5.74, 6) is 1.61. The zero-order valence-corrected chi connectivity index (χ0v) is 13.6. The number of benzene rings is 1. The Balaban J connectivity index is 2.10. The third-order valence-electron chi connectivity index (χ3n) is 3.28. The summed E-state index contributed by atoms with van der Waals surface area (Å²) in [5, 5.41) is 8.79. The molecule has 0 radical (unpaired) electrons. The molecule has 0 unspecified atom stereocenters. The Morgan fingerprint density at radius 2 is 2.14 bits per heavy atom. The fraction of sp³-hybridized carbons (Fsp3) is 0.200. The molecular formula is C15H15BrN4O. The van der Waals surface area contributed by atoms with Gasteiger partial charge in [-0.1, -0.05) is 0 Å². The molecule has 21 heavy (non-hydrogen) atoms. The van der Waals surface area contributed by atoms with Crippen LogP contribution in [0.2, 0.25) is 0 Å². The quantitative estimate of drug-likeness (QED) is 0.783. The first-order chi connectivity index (χ1) is 10.1. The van der Waals surface area contributed by atoms with Gasteiger partial charge in [0, 0.05) is 36.5 Å². The average Bonchev–Trinajstić information content (AvgIpc) is 2.77. The van der Waals surface area contributed by atoms with Gasteiger partial charge >= 0.3 is 0 Å². The van der Waals surface area contributed by atoms with Crippen molar-refractivity contribution in [2.75, 3.05) is 12.4 Å². The summed E-state index contributed by atoms with van der Waals surface area (Å²) in [6.07, 6.45) is 3.75. The molecule has 3 aromatic rings. The van der Waals surface area contributed by atoms with Crippen LogP contribution < -0.4 is 10.1 Å².